The highest BCUT2D eigenvalue weighted by Gasteiger charge is 2.08. The molecule has 0 fully saturated rings. The van der Waals surface area contributed by atoms with Crippen LogP contribution in [0.2, 0.25) is 0 Å². The van der Waals surface area contributed by atoms with E-state index >= 15 is 0 Å². The summed E-state index contributed by atoms with van der Waals surface area (Å²) < 4.78 is 15.3. The Hall–Kier alpha value is -2.61. The molecule has 7 nitrogen and oxygen atoms in total. The third kappa shape index (κ3) is 4.95. The zero-order valence-corrected chi connectivity index (χ0v) is 14.6. The molecule has 2 aromatic rings. The number of carbonyl (C=O) groups is 1. The van der Waals surface area contributed by atoms with Gasteiger partial charge in [-0.3, -0.25) is 10.2 Å². The molecule has 2 rings (SSSR count). The SMILES string of the molecule is CCOC(=O)Cc1csc(N/N=C\c2ccc(OC)c(OC)c2)n1. The van der Waals surface area contributed by atoms with Crippen LogP contribution < -0.4 is 14.9 Å². The first-order chi connectivity index (χ1) is 11.7. The molecule has 24 heavy (non-hydrogen) atoms. The Morgan fingerprint density at radius 3 is 2.83 bits per heavy atom. The fourth-order valence-electron chi connectivity index (χ4n) is 1.89. The smallest absolute Gasteiger partial charge is 0.311 e. The molecule has 0 atom stereocenters. The molecule has 0 aliphatic heterocycles. The van der Waals surface area contributed by atoms with Gasteiger partial charge in [0.15, 0.2) is 11.5 Å². The number of thiazole rings is 1. The van der Waals surface area contributed by atoms with Gasteiger partial charge in [-0.1, -0.05) is 0 Å². The number of ether oxygens (including phenoxy) is 3. The van der Waals surface area contributed by atoms with E-state index in [4.69, 9.17) is 14.2 Å². The van der Waals surface area contributed by atoms with Crippen molar-refractivity contribution in [3.05, 3.63) is 34.8 Å². The zero-order valence-electron chi connectivity index (χ0n) is 13.7. The first kappa shape index (κ1) is 17.7. The maximum Gasteiger partial charge on any atom is 0.311 e. The van der Waals surface area contributed by atoms with Crippen LogP contribution in [0.15, 0.2) is 28.7 Å². The summed E-state index contributed by atoms with van der Waals surface area (Å²) in [5, 5.41) is 6.53. The van der Waals surface area contributed by atoms with E-state index in [1.165, 1.54) is 11.3 Å². The molecule has 0 amide bonds. The summed E-state index contributed by atoms with van der Waals surface area (Å²) in [4.78, 5) is 15.7. The average molecular weight is 349 g/mol. The quantitative estimate of drug-likeness (QED) is 0.448. The number of esters is 1. The second-order valence-electron chi connectivity index (χ2n) is 4.61. The van der Waals surface area contributed by atoms with Crippen molar-refractivity contribution in [3.63, 3.8) is 0 Å². The number of rotatable bonds is 8. The molecule has 0 saturated carbocycles. The molecule has 0 unspecified atom stereocenters. The fraction of sp³-hybridized carbons (Fsp3) is 0.312. The van der Waals surface area contributed by atoms with Crippen LogP contribution in [0.5, 0.6) is 11.5 Å². The van der Waals surface area contributed by atoms with Crippen LogP contribution in [-0.4, -0.2) is 38.0 Å². The molecule has 1 N–H and O–H groups in total. The molecular weight excluding hydrogens is 330 g/mol. The Morgan fingerprint density at radius 2 is 2.12 bits per heavy atom. The summed E-state index contributed by atoms with van der Waals surface area (Å²) in [5.74, 6) is 1.00. The van der Waals surface area contributed by atoms with Crippen molar-refractivity contribution in [1.82, 2.24) is 4.98 Å². The first-order valence-corrected chi connectivity index (χ1v) is 8.15. The van der Waals surface area contributed by atoms with Crippen molar-refractivity contribution in [2.24, 2.45) is 5.10 Å². The Kier molecular flexibility index (Phi) is 6.56. The third-order valence-corrected chi connectivity index (χ3v) is 3.76. The Labute approximate surface area is 144 Å². The second kappa shape index (κ2) is 8.88. The molecule has 0 bridgehead atoms. The lowest BCUT2D eigenvalue weighted by Gasteiger charge is -2.07. The van der Waals surface area contributed by atoms with Gasteiger partial charge in [0.05, 0.1) is 39.2 Å². The number of hydrogen-bond donors (Lipinski definition) is 1. The van der Waals surface area contributed by atoms with Crippen molar-refractivity contribution in [1.29, 1.82) is 0 Å². The van der Waals surface area contributed by atoms with Crippen LogP contribution in [0.3, 0.4) is 0 Å². The summed E-state index contributed by atoms with van der Waals surface area (Å²) >= 11 is 1.37. The molecular formula is C16H19N3O4S. The minimum Gasteiger partial charge on any atom is -0.493 e. The number of anilines is 1. The summed E-state index contributed by atoms with van der Waals surface area (Å²) in [6.45, 7) is 2.14. The number of nitrogens with zero attached hydrogens (tertiary/aromatic N) is 2. The molecule has 1 heterocycles. The largest absolute Gasteiger partial charge is 0.493 e. The number of benzene rings is 1. The van der Waals surface area contributed by atoms with Gasteiger partial charge in [-0.15, -0.1) is 11.3 Å². The Morgan fingerprint density at radius 1 is 1.33 bits per heavy atom. The topological polar surface area (TPSA) is 82.0 Å². The number of nitrogens with one attached hydrogen (secondary N) is 1. The molecule has 8 heteroatoms. The van der Waals surface area contributed by atoms with E-state index in [0.29, 0.717) is 28.9 Å². The third-order valence-electron chi connectivity index (χ3n) is 2.96. The second-order valence-corrected chi connectivity index (χ2v) is 5.47. The first-order valence-electron chi connectivity index (χ1n) is 7.27. The fourth-order valence-corrected chi connectivity index (χ4v) is 2.55. The number of methoxy groups -OCH3 is 2. The average Bonchev–Trinajstić information content (AvgIpc) is 3.02. The van der Waals surface area contributed by atoms with Gasteiger partial charge in [0.1, 0.15) is 0 Å². The minimum atomic E-state index is -0.289. The van der Waals surface area contributed by atoms with Crippen molar-refractivity contribution in [2.75, 3.05) is 26.3 Å². The molecule has 1 aromatic carbocycles. The van der Waals surface area contributed by atoms with E-state index in [9.17, 15) is 4.79 Å². The lowest BCUT2D eigenvalue weighted by atomic mass is 10.2. The summed E-state index contributed by atoms with van der Waals surface area (Å²) in [6, 6.07) is 5.49. The standard InChI is InChI=1S/C16H19N3O4S/c1-4-23-15(20)8-12-10-24-16(18-12)19-17-9-11-5-6-13(21-2)14(7-11)22-3/h5-7,9-10H,4,8H2,1-3H3,(H,18,19)/b17-9-. The molecule has 128 valence electrons. The summed E-state index contributed by atoms with van der Waals surface area (Å²) in [6.07, 6.45) is 1.81. The molecule has 0 aliphatic rings. The summed E-state index contributed by atoms with van der Waals surface area (Å²) in [5.41, 5.74) is 4.34. The van der Waals surface area contributed by atoms with Crippen LogP contribution in [-0.2, 0) is 16.0 Å². The van der Waals surface area contributed by atoms with E-state index in [-0.39, 0.29) is 12.4 Å². The highest BCUT2D eigenvalue weighted by Crippen LogP contribution is 2.26. The van der Waals surface area contributed by atoms with E-state index in [1.54, 1.807) is 38.8 Å². The van der Waals surface area contributed by atoms with Gasteiger partial charge in [-0.2, -0.15) is 5.10 Å². The number of hydrazone groups is 1. The normalized spacial score (nSPS) is 10.6. The van der Waals surface area contributed by atoms with Gasteiger partial charge < -0.3 is 14.2 Å². The van der Waals surface area contributed by atoms with Gasteiger partial charge in [0.25, 0.3) is 0 Å². The van der Waals surface area contributed by atoms with E-state index in [1.807, 2.05) is 12.1 Å². The van der Waals surface area contributed by atoms with Gasteiger partial charge in [-0.25, -0.2) is 4.98 Å². The molecule has 0 aliphatic carbocycles. The molecule has 0 radical (unpaired) electrons. The molecule has 0 saturated heterocycles. The van der Waals surface area contributed by atoms with Gasteiger partial charge in [-0.05, 0) is 30.7 Å². The van der Waals surface area contributed by atoms with Crippen LogP contribution in [0.25, 0.3) is 0 Å². The maximum atomic E-state index is 11.4. The highest BCUT2D eigenvalue weighted by atomic mass is 32.1. The Bertz CT molecular complexity index is 715. The van der Waals surface area contributed by atoms with Gasteiger partial charge in [0.2, 0.25) is 5.13 Å². The van der Waals surface area contributed by atoms with Crippen molar-refractivity contribution >= 4 is 28.7 Å². The van der Waals surface area contributed by atoms with Crippen molar-refractivity contribution in [2.45, 2.75) is 13.3 Å². The lowest BCUT2D eigenvalue weighted by Crippen LogP contribution is -2.07. The molecule has 1 aromatic heterocycles. The van der Waals surface area contributed by atoms with Gasteiger partial charge in [0, 0.05) is 5.38 Å². The zero-order chi connectivity index (χ0) is 17.4. The monoisotopic (exact) mass is 349 g/mol. The van der Waals surface area contributed by atoms with Gasteiger partial charge >= 0.3 is 5.97 Å². The van der Waals surface area contributed by atoms with E-state index in [0.717, 1.165) is 5.56 Å². The van der Waals surface area contributed by atoms with Crippen LogP contribution in [0, 0.1) is 0 Å². The molecule has 0 spiro atoms. The number of aromatic nitrogens is 1. The summed E-state index contributed by atoms with van der Waals surface area (Å²) in [7, 11) is 3.17. The van der Waals surface area contributed by atoms with Crippen molar-refractivity contribution < 1.29 is 19.0 Å². The highest BCUT2D eigenvalue weighted by molar-refractivity contribution is 7.13. The van der Waals surface area contributed by atoms with E-state index in [2.05, 4.69) is 15.5 Å². The van der Waals surface area contributed by atoms with Crippen molar-refractivity contribution in [3.8, 4) is 11.5 Å². The van der Waals surface area contributed by atoms with E-state index < -0.39 is 0 Å². The van der Waals surface area contributed by atoms with Crippen LogP contribution in [0.4, 0.5) is 5.13 Å². The predicted molar refractivity (Wildman–Crippen MR) is 93.2 cm³/mol. The number of hydrogen-bond acceptors (Lipinski definition) is 8. The van der Waals surface area contributed by atoms with Crippen LogP contribution in [0.1, 0.15) is 18.2 Å². The number of carbonyl (C=O) groups excluding carboxylic acids is 1. The van der Waals surface area contributed by atoms with Crippen LogP contribution >= 0.6 is 11.3 Å². The maximum absolute atomic E-state index is 11.4. The minimum absolute atomic E-state index is 0.158. The Balaban J connectivity index is 1.94. The lowest BCUT2D eigenvalue weighted by molar-refractivity contribution is -0.142. The predicted octanol–water partition coefficient (Wildman–Crippen LogP) is 2.71.